The minimum atomic E-state index is -3.54. The Hall–Kier alpha value is -1.44. The first-order valence-corrected chi connectivity index (χ1v) is 11.0. The highest BCUT2D eigenvalue weighted by Gasteiger charge is 2.31. The summed E-state index contributed by atoms with van der Waals surface area (Å²) in [6.45, 7) is 3.71. The van der Waals surface area contributed by atoms with Gasteiger partial charge in [0.1, 0.15) is 0 Å². The quantitative estimate of drug-likeness (QED) is 0.869. The molecule has 2 unspecified atom stereocenters. The van der Waals surface area contributed by atoms with Gasteiger partial charge in [-0.15, -0.1) is 0 Å². The summed E-state index contributed by atoms with van der Waals surface area (Å²) >= 11 is 0. The summed E-state index contributed by atoms with van der Waals surface area (Å²) in [5, 5.41) is 0. The van der Waals surface area contributed by atoms with E-state index >= 15 is 0 Å². The lowest BCUT2D eigenvalue weighted by Crippen LogP contribution is -2.51. The zero-order valence-corrected chi connectivity index (χ0v) is 16.2. The van der Waals surface area contributed by atoms with Gasteiger partial charge < -0.3 is 10.6 Å². The highest BCUT2D eigenvalue weighted by Crippen LogP contribution is 2.24. The molecule has 6 nitrogen and oxygen atoms in total. The third-order valence-corrected chi connectivity index (χ3v) is 7.35. The molecule has 0 radical (unpaired) electrons. The normalized spacial score (nSPS) is 23.6. The Morgan fingerprint density at radius 3 is 2.50 bits per heavy atom. The van der Waals surface area contributed by atoms with Crippen molar-refractivity contribution in [1.82, 2.24) is 9.21 Å². The second-order valence-corrected chi connectivity index (χ2v) is 9.35. The van der Waals surface area contributed by atoms with E-state index in [1.807, 2.05) is 11.8 Å². The number of benzene rings is 1. The smallest absolute Gasteiger partial charge is 0.254 e. The van der Waals surface area contributed by atoms with E-state index in [1.165, 1.54) is 10.4 Å². The Morgan fingerprint density at radius 2 is 1.81 bits per heavy atom. The van der Waals surface area contributed by atoms with Gasteiger partial charge in [-0.3, -0.25) is 4.79 Å². The molecule has 2 aliphatic heterocycles. The van der Waals surface area contributed by atoms with Gasteiger partial charge in [0.2, 0.25) is 10.0 Å². The predicted molar refractivity (Wildman–Crippen MR) is 101 cm³/mol. The minimum absolute atomic E-state index is 0.0126. The highest BCUT2D eigenvalue weighted by molar-refractivity contribution is 7.89. The van der Waals surface area contributed by atoms with Gasteiger partial charge in [0.15, 0.2) is 0 Å². The molecule has 144 valence electrons. The van der Waals surface area contributed by atoms with Gasteiger partial charge in [-0.1, -0.05) is 12.5 Å². The summed E-state index contributed by atoms with van der Waals surface area (Å²) < 4.78 is 27.3. The van der Waals surface area contributed by atoms with Gasteiger partial charge in [-0.05, 0) is 57.2 Å². The molecule has 7 heteroatoms. The van der Waals surface area contributed by atoms with E-state index in [0.29, 0.717) is 25.2 Å². The number of piperidine rings is 2. The van der Waals surface area contributed by atoms with Crippen molar-refractivity contribution in [1.29, 1.82) is 0 Å². The molecule has 0 saturated carbocycles. The molecule has 2 saturated heterocycles. The molecular weight excluding hydrogens is 350 g/mol. The van der Waals surface area contributed by atoms with Gasteiger partial charge in [-0.25, -0.2) is 8.42 Å². The molecule has 2 heterocycles. The summed E-state index contributed by atoms with van der Waals surface area (Å²) in [4.78, 5) is 15.1. The van der Waals surface area contributed by atoms with E-state index in [1.54, 1.807) is 18.2 Å². The molecule has 0 aromatic heterocycles. The van der Waals surface area contributed by atoms with Crippen molar-refractivity contribution < 1.29 is 13.2 Å². The van der Waals surface area contributed by atoms with Crippen LogP contribution in [0.15, 0.2) is 29.2 Å². The summed E-state index contributed by atoms with van der Waals surface area (Å²) in [7, 11) is -3.54. The Labute approximate surface area is 156 Å². The van der Waals surface area contributed by atoms with E-state index in [-0.39, 0.29) is 22.9 Å². The zero-order chi connectivity index (χ0) is 18.7. The van der Waals surface area contributed by atoms with Gasteiger partial charge >= 0.3 is 0 Å². The average molecular weight is 380 g/mol. The number of nitrogens with zero attached hydrogens (tertiary/aromatic N) is 2. The molecule has 0 bridgehead atoms. The molecular formula is C19H29N3O3S. The third-order valence-electron chi connectivity index (χ3n) is 5.45. The van der Waals surface area contributed by atoms with E-state index in [4.69, 9.17) is 5.73 Å². The Morgan fingerprint density at radius 1 is 1.12 bits per heavy atom. The molecule has 1 amide bonds. The fraction of sp³-hybridized carbons (Fsp3) is 0.632. The SMILES string of the molecule is CC(N)C1CCCCN1C(=O)c1cccc(S(=O)(=O)N2CCCCC2)c1. The van der Waals surface area contributed by atoms with Crippen LogP contribution in [-0.4, -0.2) is 55.2 Å². The number of hydrogen-bond acceptors (Lipinski definition) is 4. The largest absolute Gasteiger partial charge is 0.334 e. The molecule has 0 aliphatic carbocycles. The van der Waals surface area contributed by atoms with Crippen LogP contribution in [0, 0.1) is 0 Å². The second-order valence-electron chi connectivity index (χ2n) is 7.41. The first kappa shape index (κ1) is 19.3. The predicted octanol–water partition coefficient (Wildman–Crippen LogP) is 2.20. The molecule has 2 fully saturated rings. The van der Waals surface area contributed by atoms with Crippen molar-refractivity contribution in [2.24, 2.45) is 5.73 Å². The van der Waals surface area contributed by atoms with Crippen molar-refractivity contribution in [2.75, 3.05) is 19.6 Å². The lowest BCUT2D eigenvalue weighted by atomic mass is 9.96. The maximum absolute atomic E-state index is 13.0. The molecule has 2 aliphatic rings. The number of hydrogen-bond donors (Lipinski definition) is 1. The fourth-order valence-corrected chi connectivity index (χ4v) is 5.53. The first-order valence-electron chi connectivity index (χ1n) is 9.58. The highest BCUT2D eigenvalue weighted by atomic mass is 32.2. The Balaban J connectivity index is 1.85. The lowest BCUT2D eigenvalue weighted by molar-refractivity contribution is 0.0583. The monoisotopic (exact) mass is 379 g/mol. The lowest BCUT2D eigenvalue weighted by Gasteiger charge is -2.38. The van der Waals surface area contributed by atoms with Gasteiger partial charge in [0.25, 0.3) is 5.91 Å². The summed E-state index contributed by atoms with van der Waals surface area (Å²) in [6.07, 6.45) is 5.77. The Bertz CT molecular complexity index is 742. The van der Waals surface area contributed by atoms with Crippen LogP contribution in [0.3, 0.4) is 0 Å². The van der Waals surface area contributed by atoms with Crippen LogP contribution in [0.25, 0.3) is 0 Å². The second kappa shape index (κ2) is 8.06. The number of carbonyl (C=O) groups is 1. The molecule has 2 N–H and O–H groups in total. The van der Waals surface area contributed by atoms with E-state index < -0.39 is 10.0 Å². The maximum atomic E-state index is 13.0. The number of sulfonamides is 1. The number of rotatable bonds is 4. The average Bonchev–Trinajstić information content (AvgIpc) is 2.68. The van der Waals surface area contributed by atoms with Crippen LogP contribution in [0.5, 0.6) is 0 Å². The zero-order valence-electron chi connectivity index (χ0n) is 15.4. The summed E-state index contributed by atoms with van der Waals surface area (Å²) in [5.74, 6) is -0.123. The van der Waals surface area contributed by atoms with Crippen LogP contribution in [0.1, 0.15) is 55.8 Å². The van der Waals surface area contributed by atoms with Crippen LogP contribution in [0.4, 0.5) is 0 Å². The summed E-state index contributed by atoms with van der Waals surface area (Å²) in [6, 6.07) is 6.39. The van der Waals surface area contributed by atoms with E-state index in [0.717, 1.165) is 38.5 Å². The molecule has 2 atom stereocenters. The number of nitrogens with two attached hydrogens (primary N) is 1. The summed E-state index contributed by atoms with van der Waals surface area (Å²) in [5.41, 5.74) is 6.50. The van der Waals surface area contributed by atoms with Gasteiger partial charge in [0, 0.05) is 37.3 Å². The van der Waals surface area contributed by atoms with Crippen LogP contribution in [0.2, 0.25) is 0 Å². The van der Waals surface area contributed by atoms with Crippen LogP contribution < -0.4 is 5.73 Å². The van der Waals surface area contributed by atoms with Crippen molar-refractivity contribution in [3.8, 4) is 0 Å². The van der Waals surface area contributed by atoms with Crippen molar-refractivity contribution >= 4 is 15.9 Å². The molecule has 1 aromatic carbocycles. The molecule has 1 aromatic rings. The number of amides is 1. The van der Waals surface area contributed by atoms with Crippen LogP contribution in [-0.2, 0) is 10.0 Å². The van der Waals surface area contributed by atoms with Crippen molar-refractivity contribution in [3.63, 3.8) is 0 Å². The topological polar surface area (TPSA) is 83.7 Å². The first-order chi connectivity index (χ1) is 12.4. The Kier molecular flexibility index (Phi) is 5.99. The number of carbonyl (C=O) groups excluding carboxylic acids is 1. The molecule has 0 spiro atoms. The minimum Gasteiger partial charge on any atom is -0.334 e. The maximum Gasteiger partial charge on any atom is 0.254 e. The molecule has 26 heavy (non-hydrogen) atoms. The fourth-order valence-electron chi connectivity index (χ4n) is 3.97. The van der Waals surface area contributed by atoms with E-state index in [2.05, 4.69) is 0 Å². The third kappa shape index (κ3) is 3.94. The van der Waals surface area contributed by atoms with Crippen molar-refractivity contribution in [2.45, 2.75) is 62.4 Å². The van der Waals surface area contributed by atoms with Gasteiger partial charge in [0.05, 0.1) is 4.90 Å². The number of likely N-dealkylation sites (tertiary alicyclic amines) is 1. The van der Waals surface area contributed by atoms with E-state index in [9.17, 15) is 13.2 Å². The van der Waals surface area contributed by atoms with Crippen LogP contribution >= 0.6 is 0 Å². The van der Waals surface area contributed by atoms with Gasteiger partial charge in [-0.2, -0.15) is 4.31 Å². The standard InChI is InChI=1S/C19H29N3O3S/c1-15(20)18-10-3-6-13-22(18)19(23)16-8-7-9-17(14-16)26(24,25)21-11-4-2-5-12-21/h7-9,14-15,18H,2-6,10-13,20H2,1H3. The van der Waals surface area contributed by atoms with Crippen molar-refractivity contribution in [3.05, 3.63) is 29.8 Å². The molecule has 3 rings (SSSR count).